The Balaban J connectivity index is 2.05. The lowest BCUT2D eigenvalue weighted by atomic mass is 10.1. The van der Waals surface area contributed by atoms with E-state index in [1.54, 1.807) is 81.6 Å². The predicted molar refractivity (Wildman–Crippen MR) is 153 cm³/mol. The molecule has 0 spiro atoms. The van der Waals surface area contributed by atoms with E-state index in [2.05, 4.69) is 5.32 Å². The van der Waals surface area contributed by atoms with Crippen molar-refractivity contribution < 1.29 is 22.7 Å². The molecular formula is C29H34ClN3O5S. The van der Waals surface area contributed by atoms with E-state index in [0.29, 0.717) is 16.3 Å². The van der Waals surface area contributed by atoms with Gasteiger partial charge >= 0.3 is 0 Å². The molecule has 1 unspecified atom stereocenters. The van der Waals surface area contributed by atoms with Gasteiger partial charge in [-0.05, 0) is 75.2 Å². The monoisotopic (exact) mass is 571 g/mol. The number of carbonyl (C=O) groups is 2. The van der Waals surface area contributed by atoms with Gasteiger partial charge in [-0.1, -0.05) is 48.0 Å². The van der Waals surface area contributed by atoms with Crippen LogP contribution in [-0.2, 0) is 26.2 Å². The maximum absolute atomic E-state index is 13.9. The van der Waals surface area contributed by atoms with Crippen molar-refractivity contribution in [1.82, 2.24) is 10.2 Å². The highest BCUT2D eigenvalue weighted by Gasteiger charge is 2.33. The molecule has 39 heavy (non-hydrogen) atoms. The van der Waals surface area contributed by atoms with Crippen molar-refractivity contribution >= 4 is 39.1 Å². The summed E-state index contributed by atoms with van der Waals surface area (Å²) in [5.41, 5.74) is 1.55. The number of hydrogen-bond acceptors (Lipinski definition) is 5. The van der Waals surface area contributed by atoms with Gasteiger partial charge in [0.15, 0.2) is 0 Å². The lowest BCUT2D eigenvalue weighted by Gasteiger charge is -2.32. The van der Waals surface area contributed by atoms with Crippen molar-refractivity contribution in [2.75, 3.05) is 18.0 Å². The summed E-state index contributed by atoms with van der Waals surface area (Å²) < 4.78 is 34.0. The number of anilines is 1. The Kier molecular flexibility index (Phi) is 9.99. The molecule has 2 amide bonds. The van der Waals surface area contributed by atoms with E-state index < -0.39 is 28.5 Å². The molecule has 0 saturated carbocycles. The Morgan fingerprint density at radius 2 is 1.59 bits per heavy atom. The Morgan fingerprint density at radius 1 is 0.949 bits per heavy atom. The summed E-state index contributed by atoms with van der Waals surface area (Å²) in [5, 5.41) is 3.21. The van der Waals surface area contributed by atoms with E-state index in [9.17, 15) is 18.0 Å². The SMILES string of the molecule is COc1ccc(CN(C(=O)CN(c2cccc(Cl)c2C)S(=O)(=O)c2ccccc2)C(C)C(=O)NC(C)C)cc1. The third-order valence-electron chi connectivity index (χ3n) is 6.23. The van der Waals surface area contributed by atoms with Gasteiger partial charge in [-0.25, -0.2) is 8.42 Å². The van der Waals surface area contributed by atoms with Gasteiger partial charge in [-0.15, -0.1) is 0 Å². The highest BCUT2D eigenvalue weighted by atomic mass is 35.5. The Labute approximate surface area is 235 Å². The van der Waals surface area contributed by atoms with Crippen molar-refractivity contribution in [3.05, 3.63) is 88.9 Å². The number of sulfonamides is 1. The van der Waals surface area contributed by atoms with Gasteiger partial charge in [0.2, 0.25) is 11.8 Å². The fraction of sp³-hybridized carbons (Fsp3) is 0.310. The number of ether oxygens (including phenoxy) is 1. The quantitative estimate of drug-likeness (QED) is 0.357. The van der Waals surface area contributed by atoms with E-state index in [1.165, 1.54) is 17.0 Å². The molecule has 8 nitrogen and oxygen atoms in total. The number of nitrogens with one attached hydrogen (secondary N) is 1. The Hall–Kier alpha value is -3.56. The Bertz CT molecular complexity index is 1400. The number of halogens is 1. The summed E-state index contributed by atoms with van der Waals surface area (Å²) in [6, 6.07) is 18.9. The molecule has 0 fully saturated rings. The molecule has 10 heteroatoms. The van der Waals surface area contributed by atoms with Gasteiger partial charge in [-0.2, -0.15) is 0 Å². The molecule has 0 aliphatic heterocycles. The van der Waals surface area contributed by atoms with Crippen LogP contribution in [0.15, 0.2) is 77.7 Å². The molecule has 3 aromatic carbocycles. The van der Waals surface area contributed by atoms with Crippen LogP contribution in [0.1, 0.15) is 31.9 Å². The number of nitrogens with zero attached hydrogens (tertiary/aromatic N) is 2. The van der Waals surface area contributed by atoms with E-state index in [4.69, 9.17) is 16.3 Å². The van der Waals surface area contributed by atoms with E-state index in [0.717, 1.165) is 9.87 Å². The summed E-state index contributed by atoms with van der Waals surface area (Å²) in [7, 11) is -2.60. The molecule has 1 N–H and O–H groups in total. The van der Waals surface area contributed by atoms with E-state index in [1.807, 2.05) is 13.8 Å². The van der Waals surface area contributed by atoms with E-state index >= 15 is 0 Å². The molecule has 0 saturated heterocycles. The summed E-state index contributed by atoms with van der Waals surface area (Å²) in [6.45, 7) is 6.53. The summed E-state index contributed by atoms with van der Waals surface area (Å²) in [5.74, 6) is -0.238. The van der Waals surface area contributed by atoms with Crippen molar-refractivity contribution in [3.63, 3.8) is 0 Å². The van der Waals surface area contributed by atoms with Gasteiger partial charge in [0, 0.05) is 17.6 Å². The average molecular weight is 572 g/mol. The highest BCUT2D eigenvalue weighted by Crippen LogP contribution is 2.31. The number of benzene rings is 3. The summed E-state index contributed by atoms with van der Waals surface area (Å²) >= 11 is 6.35. The van der Waals surface area contributed by atoms with Gasteiger partial charge in [0.1, 0.15) is 18.3 Å². The number of hydrogen-bond donors (Lipinski definition) is 1. The smallest absolute Gasteiger partial charge is 0.264 e. The van der Waals surface area contributed by atoms with Crippen LogP contribution < -0.4 is 14.4 Å². The standard InChI is InChI=1S/C29H34ClN3O5S/c1-20(2)31-29(35)22(4)32(18-23-14-16-24(38-5)17-15-23)28(34)19-33(27-13-9-12-26(30)21(27)3)39(36,37)25-10-7-6-8-11-25/h6-17,20,22H,18-19H2,1-5H3,(H,31,35). The maximum atomic E-state index is 13.9. The molecule has 3 rings (SSSR count). The van der Waals surface area contributed by atoms with Crippen LogP contribution in [0.2, 0.25) is 5.02 Å². The second-order valence-electron chi connectivity index (χ2n) is 9.42. The van der Waals surface area contributed by atoms with Crippen LogP contribution >= 0.6 is 11.6 Å². The van der Waals surface area contributed by atoms with Crippen LogP contribution in [-0.4, -0.2) is 50.9 Å². The Morgan fingerprint density at radius 3 is 2.18 bits per heavy atom. The molecule has 0 bridgehead atoms. The maximum Gasteiger partial charge on any atom is 0.264 e. The van der Waals surface area contributed by atoms with Crippen molar-refractivity contribution in [2.24, 2.45) is 0 Å². The summed E-state index contributed by atoms with van der Waals surface area (Å²) in [4.78, 5) is 28.3. The van der Waals surface area contributed by atoms with Crippen molar-refractivity contribution in [2.45, 2.75) is 51.2 Å². The zero-order chi connectivity index (χ0) is 28.7. The third kappa shape index (κ3) is 7.30. The molecule has 0 aliphatic rings. The van der Waals surface area contributed by atoms with Crippen molar-refractivity contribution in [3.8, 4) is 5.75 Å². The second kappa shape index (κ2) is 13.0. The van der Waals surface area contributed by atoms with Crippen LogP contribution in [0, 0.1) is 6.92 Å². The topological polar surface area (TPSA) is 96.0 Å². The molecule has 0 aromatic heterocycles. The first-order chi connectivity index (χ1) is 18.4. The first-order valence-electron chi connectivity index (χ1n) is 12.5. The van der Waals surface area contributed by atoms with Crippen molar-refractivity contribution in [1.29, 1.82) is 0 Å². The van der Waals surface area contributed by atoms with Gasteiger partial charge in [0.05, 0.1) is 17.7 Å². The number of rotatable bonds is 11. The molecule has 0 radical (unpaired) electrons. The third-order valence-corrected chi connectivity index (χ3v) is 8.41. The molecule has 3 aromatic rings. The zero-order valence-electron chi connectivity index (χ0n) is 22.7. The minimum absolute atomic E-state index is 0.0319. The molecule has 0 aliphatic carbocycles. The molecular weight excluding hydrogens is 538 g/mol. The first-order valence-corrected chi connectivity index (χ1v) is 14.3. The first kappa shape index (κ1) is 30.0. The van der Waals surface area contributed by atoms with Gasteiger partial charge in [-0.3, -0.25) is 13.9 Å². The largest absolute Gasteiger partial charge is 0.497 e. The highest BCUT2D eigenvalue weighted by molar-refractivity contribution is 7.92. The normalized spacial score (nSPS) is 12.1. The molecule has 1 atom stereocenters. The second-order valence-corrected chi connectivity index (χ2v) is 11.7. The predicted octanol–water partition coefficient (Wildman–Crippen LogP) is 4.79. The number of carbonyl (C=O) groups excluding carboxylic acids is 2. The van der Waals surface area contributed by atoms with Crippen LogP contribution in [0.4, 0.5) is 5.69 Å². The minimum atomic E-state index is -4.16. The van der Waals surface area contributed by atoms with E-state index in [-0.39, 0.29) is 29.1 Å². The van der Waals surface area contributed by atoms with Crippen LogP contribution in [0.25, 0.3) is 0 Å². The molecule has 208 valence electrons. The van der Waals surface area contributed by atoms with Crippen LogP contribution in [0.3, 0.4) is 0 Å². The zero-order valence-corrected chi connectivity index (χ0v) is 24.3. The minimum Gasteiger partial charge on any atom is -0.497 e. The molecule has 0 heterocycles. The lowest BCUT2D eigenvalue weighted by Crippen LogP contribution is -2.52. The van der Waals surface area contributed by atoms with Gasteiger partial charge < -0.3 is 15.0 Å². The number of methoxy groups -OCH3 is 1. The fourth-order valence-electron chi connectivity index (χ4n) is 4.01. The van der Waals surface area contributed by atoms with Gasteiger partial charge in [0.25, 0.3) is 10.0 Å². The summed E-state index contributed by atoms with van der Waals surface area (Å²) in [6.07, 6.45) is 0. The van der Waals surface area contributed by atoms with Crippen LogP contribution in [0.5, 0.6) is 5.75 Å². The lowest BCUT2D eigenvalue weighted by molar-refractivity contribution is -0.139. The average Bonchev–Trinajstić information content (AvgIpc) is 2.92. The fourth-order valence-corrected chi connectivity index (χ4v) is 5.68. The number of amides is 2.